The summed E-state index contributed by atoms with van der Waals surface area (Å²) in [6.45, 7) is 2.01. The molecule has 0 unspecified atom stereocenters. The molecule has 0 heterocycles. The van der Waals surface area contributed by atoms with Crippen LogP contribution in [0.4, 0.5) is 0 Å². The number of carbonyl (C=O) groups excluding carboxylic acids is 2. The van der Waals surface area contributed by atoms with Crippen molar-refractivity contribution in [2.75, 3.05) is 0 Å². The Morgan fingerprint density at radius 2 is 1.48 bits per heavy atom. The molecule has 1 aliphatic rings. The largest absolute Gasteiger partial charge is 0.294 e. The van der Waals surface area contributed by atoms with Crippen molar-refractivity contribution in [1.82, 2.24) is 0 Å². The van der Waals surface area contributed by atoms with E-state index in [0.29, 0.717) is 12.0 Å². The van der Waals surface area contributed by atoms with E-state index in [1.54, 1.807) is 0 Å². The standard InChI is InChI=1S/C27H24O2/c1-19-14-16-22(17-15-19)26(28)18-25(21-8-3-2-4-9-21)24-13-7-11-20-10-5-6-12-23(20)27(24)29/h2-6,8-10,12,14-17H,7,11,13,18H2,1H3. The van der Waals surface area contributed by atoms with Crippen LogP contribution in [-0.4, -0.2) is 11.6 Å². The summed E-state index contributed by atoms with van der Waals surface area (Å²) in [5, 5.41) is 0. The van der Waals surface area contributed by atoms with Gasteiger partial charge in [0.15, 0.2) is 11.6 Å². The van der Waals surface area contributed by atoms with Gasteiger partial charge < -0.3 is 0 Å². The molecule has 0 atom stereocenters. The van der Waals surface area contributed by atoms with Gasteiger partial charge in [0.05, 0.1) is 0 Å². The van der Waals surface area contributed by atoms with Crippen LogP contribution in [0.2, 0.25) is 0 Å². The number of rotatable bonds is 4. The highest BCUT2D eigenvalue weighted by Crippen LogP contribution is 2.32. The number of benzene rings is 3. The highest BCUT2D eigenvalue weighted by Gasteiger charge is 2.24. The second-order valence-electron chi connectivity index (χ2n) is 7.63. The zero-order valence-corrected chi connectivity index (χ0v) is 16.7. The molecule has 4 rings (SSSR count). The number of hydrogen-bond acceptors (Lipinski definition) is 2. The van der Waals surface area contributed by atoms with Crippen LogP contribution < -0.4 is 0 Å². The summed E-state index contributed by atoms with van der Waals surface area (Å²) in [5.41, 5.74) is 6.28. The molecular formula is C27H24O2. The van der Waals surface area contributed by atoms with Crippen molar-refractivity contribution in [3.63, 3.8) is 0 Å². The Labute approximate surface area is 171 Å². The average molecular weight is 380 g/mol. The molecule has 0 aromatic heterocycles. The van der Waals surface area contributed by atoms with Crippen LogP contribution in [0.15, 0.2) is 84.4 Å². The highest BCUT2D eigenvalue weighted by molar-refractivity contribution is 6.16. The molecule has 0 amide bonds. The maximum Gasteiger partial charge on any atom is 0.189 e. The van der Waals surface area contributed by atoms with Crippen molar-refractivity contribution >= 4 is 17.1 Å². The van der Waals surface area contributed by atoms with Crippen molar-refractivity contribution in [3.05, 3.63) is 112 Å². The molecule has 0 bridgehead atoms. The van der Waals surface area contributed by atoms with Gasteiger partial charge in [0.25, 0.3) is 0 Å². The molecule has 29 heavy (non-hydrogen) atoms. The lowest BCUT2D eigenvalue weighted by Gasteiger charge is -2.14. The van der Waals surface area contributed by atoms with Crippen LogP contribution in [-0.2, 0) is 6.42 Å². The third-order valence-electron chi connectivity index (χ3n) is 5.61. The fraction of sp³-hybridized carbons (Fsp3) is 0.185. The van der Waals surface area contributed by atoms with E-state index in [9.17, 15) is 9.59 Å². The van der Waals surface area contributed by atoms with Gasteiger partial charge in [-0.1, -0.05) is 84.4 Å². The molecule has 144 valence electrons. The Kier molecular flexibility index (Phi) is 5.53. The molecule has 3 aromatic rings. The number of aryl methyl sites for hydroxylation is 2. The Morgan fingerprint density at radius 3 is 2.24 bits per heavy atom. The fourth-order valence-corrected chi connectivity index (χ4v) is 4.00. The number of allylic oxidation sites excluding steroid dienone is 2. The average Bonchev–Trinajstić information content (AvgIpc) is 2.92. The lowest BCUT2D eigenvalue weighted by molar-refractivity contribution is 0.0998. The van der Waals surface area contributed by atoms with Crippen molar-refractivity contribution < 1.29 is 9.59 Å². The van der Waals surface area contributed by atoms with E-state index in [1.165, 1.54) is 0 Å². The minimum atomic E-state index is 0.0432. The molecule has 0 saturated heterocycles. The number of hydrogen-bond donors (Lipinski definition) is 0. The van der Waals surface area contributed by atoms with Crippen LogP contribution in [0.1, 0.15) is 56.7 Å². The highest BCUT2D eigenvalue weighted by atomic mass is 16.1. The molecule has 0 saturated carbocycles. The number of fused-ring (bicyclic) bond motifs is 1. The van der Waals surface area contributed by atoms with Gasteiger partial charge in [-0.05, 0) is 42.9 Å². The summed E-state index contributed by atoms with van der Waals surface area (Å²) >= 11 is 0. The summed E-state index contributed by atoms with van der Waals surface area (Å²) in [4.78, 5) is 26.5. The van der Waals surface area contributed by atoms with E-state index in [0.717, 1.165) is 46.2 Å². The number of carbonyl (C=O) groups is 2. The molecule has 1 aliphatic carbocycles. The van der Waals surface area contributed by atoms with E-state index in [4.69, 9.17) is 0 Å². The molecule has 2 heteroatoms. The van der Waals surface area contributed by atoms with Gasteiger partial charge in [0.1, 0.15) is 0 Å². The Hall–Kier alpha value is -3.26. The van der Waals surface area contributed by atoms with E-state index in [2.05, 4.69) is 0 Å². The third-order valence-corrected chi connectivity index (χ3v) is 5.61. The van der Waals surface area contributed by atoms with E-state index in [-0.39, 0.29) is 18.0 Å². The molecule has 0 aliphatic heterocycles. The van der Waals surface area contributed by atoms with Crippen LogP contribution >= 0.6 is 0 Å². The van der Waals surface area contributed by atoms with Crippen LogP contribution in [0.25, 0.3) is 5.57 Å². The minimum absolute atomic E-state index is 0.0432. The first-order valence-corrected chi connectivity index (χ1v) is 10.1. The summed E-state index contributed by atoms with van der Waals surface area (Å²) in [5.74, 6) is 0.107. The molecule has 2 nitrogen and oxygen atoms in total. The summed E-state index contributed by atoms with van der Waals surface area (Å²) in [7, 11) is 0. The normalized spacial score (nSPS) is 15.4. The topological polar surface area (TPSA) is 34.1 Å². The lowest BCUT2D eigenvalue weighted by atomic mass is 9.88. The van der Waals surface area contributed by atoms with Crippen molar-refractivity contribution in [3.8, 4) is 0 Å². The predicted octanol–water partition coefficient (Wildman–Crippen LogP) is 6.24. The molecule has 0 radical (unpaired) electrons. The Balaban J connectivity index is 1.79. The van der Waals surface area contributed by atoms with Gasteiger partial charge in [0.2, 0.25) is 0 Å². The summed E-state index contributed by atoms with van der Waals surface area (Å²) in [6, 6.07) is 25.4. The minimum Gasteiger partial charge on any atom is -0.294 e. The van der Waals surface area contributed by atoms with E-state index >= 15 is 0 Å². The quantitative estimate of drug-likeness (QED) is 0.305. The fourth-order valence-electron chi connectivity index (χ4n) is 4.00. The molecule has 3 aromatic carbocycles. The van der Waals surface area contributed by atoms with Crippen LogP contribution in [0.5, 0.6) is 0 Å². The first-order valence-electron chi connectivity index (χ1n) is 10.1. The third kappa shape index (κ3) is 4.12. The van der Waals surface area contributed by atoms with Crippen molar-refractivity contribution in [2.24, 2.45) is 0 Å². The van der Waals surface area contributed by atoms with Crippen LogP contribution in [0.3, 0.4) is 0 Å². The second-order valence-corrected chi connectivity index (χ2v) is 7.63. The molecule has 0 fully saturated rings. The SMILES string of the molecule is Cc1ccc(C(=O)CC(=C2CCCc3ccccc3C2=O)c2ccccc2)cc1. The number of Topliss-reactive ketones (excluding diaryl/α,β-unsaturated/α-hetero) is 2. The Bertz CT molecular complexity index is 1070. The van der Waals surface area contributed by atoms with Crippen LogP contribution in [0, 0.1) is 6.92 Å². The molecule has 0 N–H and O–H groups in total. The summed E-state index contributed by atoms with van der Waals surface area (Å²) in [6.07, 6.45) is 2.72. The summed E-state index contributed by atoms with van der Waals surface area (Å²) < 4.78 is 0. The van der Waals surface area contributed by atoms with Gasteiger partial charge in [-0.25, -0.2) is 0 Å². The first kappa shape index (κ1) is 19.1. The first-order chi connectivity index (χ1) is 14.1. The van der Waals surface area contributed by atoms with E-state index < -0.39 is 0 Å². The number of ketones is 2. The zero-order chi connectivity index (χ0) is 20.2. The van der Waals surface area contributed by atoms with Gasteiger partial charge in [0, 0.05) is 23.1 Å². The maximum atomic E-state index is 13.4. The zero-order valence-electron chi connectivity index (χ0n) is 16.7. The monoisotopic (exact) mass is 380 g/mol. The predicted molar refractivity (Wildman–Crippen MR) is 117 cm³/mol. The maximum absolute atomic E-state index is 13.4. The smallest absolute Gasteiger partial charge is 0.189 e. The molecule has 0 spiro atoms. The van der Waals surface area contributed by atoms with Crippen molar-refractivity contribution in [2.45, 2.75) is 32.6 Å². The van der Waals surface area contributed by atoms with Gasteiger partial charge in [-0.15, -0.1) is 0 Å². The van der Waals surface area contributed by atoms with Crippen molar-refractivity contribution in [1.29, 1.82) is 0 Å². The molecular weight excluding hydrogens is 356 g/mol. The van der Waals surface area contributed by atoms with Gasteiger partial charge in [-0.3, -0.25) is 9.59 Å². The Morgan fingerprint density at radius 1 is 0.793 bits per heavy atom. The van der Waals surface area contributed by atoms with E-state index in [1.807, 2.05) is 85.8 Å². The van der Waals surface area contributed by atoms with Gasteiger partial charge in [-0.2, -0.15) is 0 Å². The second kappa shape index (κ2) is 8.40. The van der Waals surface area contributed by atoms with Gasteiger partial charge >= 0.3 is 0 Å². The lowest BCUT2D eigenvalue weighted by Crippen LogP contribution is -2.09.